The minimum Gasteiger partial charge on any atom is -0.490 e. The molecule has 0 radical (unpaired) electrons. The van der Waals surface area contributed by atoms with Crippen LogP contribution in [0.15, 0.2) is 23.0 Å². The van der Waals surface area contributed by atoms with Crippen LogP contribution in [0.25, 0.3) is 16.8 Å². The van der Waals surface area contributed by atoms with Gasteiger partial charge >= 0.3 is 0 Å². The lowest BCUT2D eigenvalue weighted by Gasteiger charge is -2.18. The molecule has 1 aliphatic rings. The van der Waals surface area contributed by atoms with Crippen LogP contribution in [0.3, 0.4) is 0 Å². The molecule has 0 amide bonds. The SMILES string of the molecule is CCOc1ccc(-c2c(C)[nH]n3c(=O)c(N4CCCC4)c(C)nc23)cc1OCC. The smallest absolute Gasteiger partial charge is 0.296 e. The lowest BCUT2D eigenvalue weighted by molar-refractivity contribution is 0.288. The molecule has 4 rings (SSSR count). The van der Waals surface area contributed by atoms with Crippen LogP contribution in [-0.4, -0.2) is 40.9 Å². The Kier molecular flexibility index (Phi) is 5.22. The van der Waals surface area contributed by atoms with E-state index in [1.165, 1.54) is 0 Å². The van der Waals surface area contributed by atoms with E-state index in [2.05, 4.69) is 10.00 Å². The van der Waals surface area contributed by atoms with Gasteiger partial charge in [-0.05, 0) is 58.2 Å². The van der Waals surface area contributed by atoms with E-state index < -0.39 is 0 Å². The molecule has 2 aromatic heterocycles. The van der Waals surface area contributed by atoms with Gasteiger partial charge in [0.05, 0.1) is 18.9 Å². The number of aromatic amines is 1. The van der Waals surface area contributed by atoms with Crippen LogP contribution in [0.2, 0.25) is 0 Å². The maximum absolute atomic E-state index is 13.2. The molecule has 7 heteroatoms. The van der Waals surface area contributed by atoms with E-state index in [1.807, 2.05) is 45.9 Å². The first-order valence-electron chi connectivity index (χ1n) is 10.3. The van der Waals surface area contributed by atoms with Crippen molar-refractivity contribution in [2.45, 2.75) is 40.5 Å². The zero-order chi connectivity index (χ0) is 20.5. The summed E-state index contributed by atoms with van der Waals surface area (Å²) in [5.74, 6) is 1.41. The minimum absolute atomic E-state index is 0.0419. The molecule has 0 spiro atoms. The van der Waals surface area contributed by atoms with Crippen LogP contribution in [0.4, 0.5) is 5.69 Å². The fourth-order valence-electron chi connectivity index (χ4n) is 4.14. The maximum atomic E-state index is 13.2. The van der Waals surface area contributed by atoms with Gasteiger partial charge in [0.1, 0.15) is 5.69 Å². The third-order valence-corrected chi connectivity index (χ3v) is 5.37. The number of nitrogens with one attached hydrogen (secondary N) is 1. The van der Waals surface area contributed by atoms with Crippen LogP contribution in [0.1, 0.15) is 38.1 Å². The molecule has 0 aliphatic carbocycles. The monoisotopic (exact) mass is 396 g/mol. The van der Waals surface area contributed by atoms with Gasteiger partial charge < -0.3 is 14.4 Å². The molecule has 0 saturated carbocycles. The van der Waals surface area contributed by atoms with Gasteiger partial charge in [0.2, 0.25) is 0 Å². The number of nitrogens with zero attached hydrogens (tertiary/aromatic N) is 3. The molecule has 1 fully saturated rings. The zero-order valence-electron chi connectivity index (χ0n) is 17.5. The number of ether oxygens (including phenoxy) is 2. The lowest BCUT2D eigenvalue weighted by Crippen LogP contribution is -2.30. The quantitative estimate of drug-likeness (QED) is 0.688. The topological polar surface area (TPSA) is 71.9 Å². The number of fused-ring (bicyclic) bond motifs is 1. The van der Waals surface area contributed by atoms with Gasteiger partial charge in [0.25, 0.3) is 5.56 Å². The second kappa shape index (κ2) is 7.81. The van der Waals surface area contributed by atoms with Crippen molar-refractivity contribution < 1.29 is 9.47 Å². The Balaban J connectivity index is 1.88. The molecular formula is C22H28N4O3. The molecular weight excluding hydrogens is 368 g/mol. The van der Waals surface area contributed by atoms with Crippen molar-refractivity contribution in [3.63, 3.8) is 0 Å². The fraction of sp³-hybridized carbons (Fsp3) is 0.455. The predicted molar refractivity (Wildman–Crippen MR) is 115 cm³/mol. The van der Waals surface area contributed by atoms with Crippen LogP contribution in [0, 0.1) is 13.8 Å². The summed E-state index contributed by atoms with van der Waals surface area (Å²) in [6.45, 7) is 10.7. The Morgan fingerprint density at radius 2 is 1.76 bits per heavy atom. The first-order chi connectivity index (χ1) is 14.0. The molecule has 1 N–H and O–H groups in total. The summed E-state index contributed by atoms with van der Waals surface area (Å²) in [6, 6.07) is 5.86. The first-order valence-corrected chi connectivity index (χ1v) is 10.3. The van der Waals surface area contributed by atoms with Crippen molar-refractivity contribution in [3.8, 4) is 22.6 Å². The van der Waals surface area contributed by atoms with E-state index in [-0.39, 0.29) is 5.56 Å². The number of aryl methyl sites for hydroxylation is 2. The van der Waals surface area contributed by atoms with Gasteiger partial charge in [-0.2, -0.15) is 4.52 Å². The number of H-pyrrole nitrogens is 1. The molecule has 0 bridgehead atoms. The van der Waals surface area contributed by atoms with Gasteiger partial charge in [0.15, 0.2) is 17.1 Å². The summed E-state index contributed by atoms with van der Waals surface area (Å²) in [5.41, 5.74) is 4.80. The molecule has 0 atom stereocenters. The normalized spacial score (nSPS) is 14.0. The molecule has 7 nitrogen and oxygen atoms in total. The second-order valence-corrected chi connectivity index (χ2v) is 7.34. The predicted octanol–water partition coefficient (Wildman–Crippen LogP) is 3.70. The summed E-state index contributed by atoms with van der Waals surface area (Å²) >= 11 is 0. The van der Waals surface area contributed by atoms with E-state index in [9.17, 15) is 4.79 Å². The van der Waals surface area contributed by atoms with E-state index in [1.54, 1.807) is 4.52 Å². The second-order valence-electron chi connectivity index (χ2n) is 7.34. The van der Waals surface area contributed by atoms with E-state index in [0.29, 0.717) is 36.0 Å². The first kappa shape index (κ1) is 19.4. The third-order valence-electron chi connectivity index (χ3n) is 5.37. The van der Waals surface area contributed by atoms with Gasteiger partial charge in [-0.1, -0.05) is 6.07 Å². The maximum Gasteiger partial charge on any atom is 0.296 e. The molecule has 3 aromatic rings. The number of benzene rings is 1. The molecule has 0 unspecified atom stereocenters. The number of aromatic nitrogens is 3. The number of hydrogen-bond donors (Lipinski definition) is 1. The minimum atomic E-state index is -0.0419. The average molecular weight is 396 g/mol. The van der Waals surface area contributed by atoms with Crippen molar-refractivity contribution >= 4 is 11.3 Å². The molecule has 1 saturated heterocycles. The number of rotatable bonds is 6. The highest BCUT2D eigenvalue weighted by Gasteiger charge is 2.23. The largest absolute Gasteiger partial charge is 0.490 e. The highest BCUT2D eigenvalue weighted by atomic mass is 16.5. The lowest BCUT2D eigenvalue weighted by atomic mass is 10.1. The standard InChI is InChI=1S/C22H28N4O3/c1-5-28-17-10-9-16(13-18(17)29-6-2)19-14(3)24-26-21(19)23-15(4)20(22(26)27)25-11-7-8-12-25/h9-10,13,24H,5-8,11-12H2,1-4H3. The fourth-order valence-corrected chi connectivity index (χ4v) is 4.14. The van der Waals surface area contributed by atoms with E-state index in [4.69, 9.17) is 14.5 Å². The molecule has 29 heavy (non-hydrogen) atoms. The molecule has 3 heterocycles. The summed E-state index contributed by atoms with van der Waals surface area (Å²) in [7, 11) is 0. The van der Waals surface area contributed by atoms with Gasteiger partial charge in [-0.15, -0.1) is 0 Å². The Bertz CT molecular complexity index is 1090. The van der Waals surface area contributed by atoms with Gasteiger partial charge in [-0.25, -0.2) is 4.98 Å². The highest BCUT2D eigenvalue weighted by molar-refractivity contribution is 5.81. The summed E-state index contributed by atoms with van der Waals surface area (Å²) in [4.78, 5) is 20.2. The summed E-state index contributed by atoms with van der Waals surface area (Å²) < 4.78 is 13.0. The average Bonchev–Trinajstić information content (AvgIpc) is 3.32. The van der Waals surface area contributed by atoms with Crippen molar-refractivity contribution in [1.82, 2.24) is 14.6 Å². The number of anilines is 1. The third kappa shape index (κ3) is 3.34. The summed E-state index contributed by atoms with van der Waals surface area (Å²) in [6.07, 6.45) is 2.23. The van der Waals surface area contributed by atoms with E-state index >= 15 is 0 Å². The van der Waals surface area contributed by atoms with E-state index in [0.717, 1.165) is 48.4 Å². The molecule has 154 valence electrons. The van der Waals surface area contributed by atoms with Crippen molar-refractivity contribution in [3.05, 3.63) is 39.9 Å². The zero-order valence-corrected chi connectivity index (χ0v) is 17.5. The highest BCUT2D eigenvalue weighted by Crippen LogP contribution is 2.35. The van der Waals surface area contributed by atoms with Crippen LogP contribution >= 0.6 is 0 Å². The summed E-state index contributed by atoms with van der Waals surface area (Å²) in [5, 5.41) is 3.22. The Hall–Kier alpha value is -2.96. The van der Waals surface area contributed by atoms with Crippen LogP contribution < -0.4 is 19.9 Å². The van der Waals surface area contributed by atoms with Gasteiger partial charge in [0, 0.05) is 24.3 Å². The Morgan fingerprint density at radius 1 is 1.07 bits per heavy atom. The van der Waals surface area contributed by atoms with Crippen molar-refractivity contribution in [1.29, 1.82) is 0 Å². The van der Waals surface area contributed by atoms with Crippen molar-refractivity contribution in [2.75, 3.05) is 31.2 Å². The van der Waals surface area contributed by atoms with Crippen molar-refractivity contribution in [2.24, 2.45) is 0 Å². The van der Waals surface area contributed by atoms with Gasteiger partial charge in [-0.3, -0.25) is 9.89 Å². The molecule has 1 aromatic carbocycles. The van der Waals surface area contributed by atoms with Crippen LogP contribution in [-0.2, 0) is 0 Å². The number of hydrogen-bond acceptors (Lipinski definition) is 5. The molecule has 1 aliphatic heterocycles. The van der Waals surface area contributed by atoms with Crippen LogP contribution in [0.5, 0.6) is 11.5 Å². The Morgan fingerprint density at radius 3 is 2.45 bits per heavy atom. The Labute approximate surface area is 170 Å².